The molecule has 1 aromatic rings. The van der Waals surface area contributed by atoms with E-state index in [0.29, 0.717) is 5.75 Å². The van der Waals surface area contributed by atoms with Crippen molar-refractivity contribution in [3.8, 4) is 17.6 Å². The van der Waals surface area contributed by atoms with Crippen molar-refractivity contribution in [2.24, 2.45) is 0 Å². The molecule has 3 nitrogen and oxygen atoms in total. The maximum atomic E-state index is 9.04. The van der Waals surface area contributed by atoms with E-state index in [1.54, 1.807) is 25.1 Å². The van der Waals surface area contributed by atoms with Gasteiger partial charge in [0.1, 0.15) is 17.6 Å². The molecule has 1 aromatic carbocycles. The van der Waals surface area contributed by atoms with Crippen LogP contribution in [0.15, 0.2) is 24.3 Å². The van der Waals surface area contributed by atoms with Gasteiger partial charge >= 0.3 is 0 Å². The van der Waals surface area contributed by atoms with Crippen molar-refractivity contribution in [1.29, 1.82) is 5.26 Å². The summed E-state index contributed by atoms with van der Waals surface area (Å²) in [5.74, 6) is 0.640. The number of nitrogens with zero attached hydrogens (tertiary/aromatic N) is 1. The highest BCUT2D eigenvalue weighted by atomic mass is 16.5. The number of hydrogen-bond donors (Lipinski definition) is 1. The Hall–Kier alpha value is -1.69. The van der Waals surface area contributed by atoms with Crippen LogP contribution in [0.2, 0.25) is 0 Å². The summed E-state index contributed by atoms with van der Waals surface area (Å²) < 4.78 is 5.12. The van der Waals surface area contributed by atoms with Crippen LogP contribution in [0.25, 0.3) is 0 Å². The van der Waals surface area contributed by atoms with Gasteiger partial charge < -0.3 is 9.84 Å². The maximum absolute atomic E-state index is 9.04. The van der Waals surface area contributed by atoms with E-state index in [0.717, 1.165) is 0 Å². The zero-order valence-corrected chi connectivity index (χ0v) is 6.69. The third-order valence-corrected chi connectivity index (χ3v) is 1.31. The lowest BCUT2D eigenvalue weighted by Crippen LogP contribution is -2.07. The van der Waals surface area contributed by atoms with Crippen LogP contribution in [0.4, 0.5) is 0 Å². The third-order valence-electron chi connectivity index (χ3n) is 1.31. The minimum Gasteiger partial charge on any atom is -0.508 e. The van der Waals surface area contributed by atoms with E-state index in [-0.39, 0.29) is 5.75 Å². The van der Waals surface area contributed by atoms with Crippen LogP contribution in [0, 0.1) is 11.3 Å². The lowest BCUT2D eigenvalue weighted by molar-refractivity contribution is 0.275. The average molecular weight is 163 g/mol. The molecule has 12 heavy (non-hydrogen) atoms. The molecule has 1 unspecified atom stereocenters. The number of aromatic hydroxyl groups is 1. The van der Waals surface area contributed by atoms with Crippen LogP contribution >= 0.6 is 0 Å². The van der Waals surface area contributed by atoms with E-state index >= 15 is 0 Å². The molecule has 0 aliphatic heterocycles. The molecule has 0 heterocycles. The van der Waals surface area contributed by atoms with E-state index in [2.05, 4.69) is 0 Å². The number of hydrogen-bond acceptors (Lipinski definition) is 3. The number of nitriles is 1. The summed E-state index contributed by atoms with van der Waals surface area (Å²) in [6, 6.07) is 8.29. The molecular formula is C9H9NO2. The highest BCUT2D eigenvalue weighted by Crippen LogP contribution is 2.18. The molecule has 0 aromatic heterocycles. The Bertz CT molecular complexity index is 304. The maximum Gasteiger partial charge on any atom is 0.181 e. The van der Waals surface area contributed by atoms with E-state index in [9.17, 15) is 0 Å². The summed E-state index contributed by atoms with van der Waals surface area (Å²) >= 11 is 0. The summed E-state index contributed by atoms with van der Waals surface area (Å²) in [7, 11) is 0. The summed E-state index contributed by atoms with van der Waals surface area (Å²) in [5, 5.41) is 17.5. The normalized spacial score (nSPS) is 11.7. The molecule has 1 N–H and O–H groups in total. The summed E-state index contributed by atoms with van der Waals surface area (Å²) in [4.78, 5) is 0. The molecular weight excluding hydrogens is 154 g/mol. The zero-order chi connectivity index (χ0) is 8.97. The van der Waals surface area contributed by atoms with E-state index in [1.165, 1.54) is 6.07 Å². The fourth-order valence-corrected chi connectivity index (χ4v) is 0.787. The largest absolute Gasteiger partial charge is 0.508 e. The number of rotatable bonds is 2. The van der Waals surface area contributed by atoms with Gasteiger partial charge in [-0.1, -0.05) is 6.07 Å². The summed E-state index contributed by atoms with van der Waals surface area (Å²) in [6.45, 7) is 1.64. The first-order chi connectivity index (χ1) is 5.72. The first-order valence-corrected chi connectivity index (χ1v) is 3.57. The fraction of sp³-hybridized carbons (Fsp3) is 0.222. The van der Waals surface area contributed by atoms with Gasteiger partial charge in [-0.2, -0.15) is 5.26 Å². The third kappa shape index (κ3) is 2.17. The van der Waals surface area contributed by atoms with Crippen molar-refractivity contribution >= 4 is 0 Å². The van der Waals surface area contributed by atoms with Gasteiger partial charge in [-0.3, -0.25) is 0 Å². The number of ether oxygens (including phenoxy) is 1. The molecule has 0 saturated carbocycles. The molecule has 1 rings (SSSR count). The molecule has 0 radical (unpaired) electrons. The quantitative estimate of drug-likeness (QED) is 0.721. The Kier molecular flexibility index (Phi) is 2.54. The lowest BCUT2D eigenvalue weighted by Gasteiger charge is -2.06. The topological polar surface area (TPSA) is 53.2 Å². The van der Waals surface area contributed by atoms with Crippen molar-refractivity contribution in [3.63, 3.8) is 0 Å². The second-order valence-electron chi connectivity index (χ2n) is 2.39. The molecule has 62 valence electrons. The fourth-order valence-electron chi connectivity index (χ4n) is 0.787. The van der Waals surface area contributed by atoms with Gasteiger partial charge in [0, 0.05) is 6.07 Å². The van der Waals surface area contributed by atoms with Crippen molar-refractivity contribution < 1.29 is 9.84 Å². The zero-order valence-electron chi connectivity index (χ0n) is 6.69. The second kappa shape index (κ2) is 3.63. The smallest absolute Gasteiger partial charge is 0.181 e. The average Bonchev–Trinajstić information content (AvgIpc) is 2.04. The van der Waals surface area contributed by atoms with Crippen LogP contribution in [-0.2, 0) is 0 Å². The first-order valence-electron chi connectivity index (χ1n) is 3.57. The molecule has 0 bridgehead atoms. The van der Waals surface area contributed by atoms with Crippen molar-refractivity contribution in [2.75, 3.05) is 0 Å². The number of benzene rings is 1. The van der Waals surface area contributed by atoms with Crippen LogP contribution in [0.3, 0.4) is 0 Å². The molecule has 1 atom stereocenters. The molecule has 0 aliphatic carbocycles. The molecule has 0 saturated heterocycles. The van der Waals surface area contributed by atoms with Crippen LogP contribution < -0.4 is 4.74 Å². The second-order valence-corrected chi connectivity index (χ2v) is 2.39. The highest BCUT2D eigenvalue weighted by Gasteiger charge is 2.00. The number of phenolic OH excluding ortho intramolecular Hbond substituents is 1. The van der Waals surface area contributed by atoms with Gasteiger partial charge in [-0.05, 0) is 19.1 Å². The summed E-state index contributed by atoms with van der Waals surface area (Å²) in [5.41, 5.74) is 0. The van der Waals surface area contributed by atoms with Crippen molar-refractivity contribution in [3.05, 3.63) is 24.3 Å². The molecule has 0 fully saturated rings. The Labute approximate surface area is 70.8 Å². The van der Waals surface area contributed by atoms with Crippen LogP contribution in [0.1, 0.15) is 6.92 Å². The van der Waals surface area contributed by atoms with Crippen molar-refractivity contribution in [1.82, 2.24) is 0 Å². The Morgan fingerprint density at radius 1 is 1.58 bits per heavy atom. The predicted octanol–water partition coefficient (Wildman–Crippen LogP) is 1.68. The van der Waals surface area contributed by atoms with Gasteiger partial charge in [0.05, 0.1) is 0 Å². The molecule has 3 heteroatoms. The monoisotopic (exact) mass is 163 g/mol. The van der Waals surface area contributed by atoms with E-state index in [1.807, 2.05) is 6.07 Å². The van der Waals surface area contributed by atoms with Gasteiger partial charge in [-0.15, -0.1) is 0 Å². The molecule has 0 aliphatic rings. The predicted molar refractivity (Wildman–Crippen MR) is 43.8 cm³/mol. The standard InChI is InChI=1S/C9H9NO2/c1-7(6-10)12-9-4-2-3-8(11)5-9/h2-5,7,11H,1H3. The van der Waals surface area contributed by atoms with E-state index in [4.69, 9.17) is 15.1 Å². The molecule has 0 spiro atoms. The lowest BCUT2D eigenvalue weighted by atomic mass is 10.3. The summed E-state index contributed by atoms with van der Waals surface area (Å²) in [6.07, 6.45) is -0.494. The Morgan fingerprint density at radius 2 is 2.33 bits per heavy atom. The van der Waals surface area contributed by atoms with Gasteiger partial charge in [-0.25, -0.2) is 0 Å². The Morgan fingerprint density at radius 3 is 2.92 bits per heavy atom. The minimum atomic E-state index is -0.494. The van der Waals surface area contributed by atoms with Crippen LogP contribution in [-0.4, -0.2) is 11.2 Å². The van der Waals surface area contributed by atoms with Gasteiger partial charge in [0.25, 0.3) is 0 Å². The molecule has 0 amide bonds. The van der Waals surface area contributed by atoms with Crippen molar-refractivity contribution in [2.45, 2.75) is 13.0 Å². The SMILES string of the molecule is CC(C#N)Oc1cccc(O)c1. The number of phenols is 1. The van der Waals surface area contributed by atoms with Gasteiger partial charge in [0.15, 0.2) is 6.10 Å². The van der Waals surface area contributed by atoms with Gasteiger partial charge in [0.2, 0.25) is 0 Å². The first kappa shape index (κ1) is 8.41. The van der Waals surface area contributed by atoms with E-state index < -0.39 is 6.10 Å². The minimum absolute atomic E-state index is 0.137. The van der Waals surface area contributed by atoms with Crippen LogP contribution in [0.5, 0.6) is 11.5 Å². The highest BCUT2D eigenvalue weighted by molar-refractivity contribution is 5.32. The Balaban J connectivity index is 2.71.